The van der Waals surface area contributed by atoms with Gasteiger partial charge in [-0.2, -0.15) is 15.0 Å². The summed E-state index contributed by atoms with van der Waals surface area (Å²) in [6.45, 7) is 7.85. The van der Waals surface area contributed by atoms with Crippen molar-refractivity contribution in [2.75, 3.05) is 7.11 Å². The van der Waals surface area contributed by atoms with Crippen LogP contribution in [0.15, 0.2) is 18.2 Å². The van der Waals surface area contributed by atoms with Crippen molar-refractivity contribution in [3.63, 3.8) is 0 Å². The van der Waals surface area contributed by atoms with Crippen LogP contribution in [-0.2, 0) is 11.3 Å². The van der Waals surface area contributed by atoms with E-state index < -0.39 is 0 Å². The molecule has 0 spiro atoms. The van der Waals surface area contributed by atoms with E-state index in [9.17, 15) is 4.79 Å². The van der Waals surface area contributed by atoms with E-state index in [1.54, 1.807) is 11.9 Å². The maximum absolute atomic E-state index is 13.6. The fourth-order valence-electron chi connectivity index (χ4n) is 9.39. The van der Waals surface area contributed by atoms with Crippen LogP contribution in [0.25, 0.3) is 11.0 Å². The van der Waals surface area contributed by atoms with Gasteiger partial charge in [0.1, 0.15) is 23.3 Å². The predicted molar refractivity (Wildman–Crippen MR) is 133 cm³/mol. The summed E-state index contributed by atoms with van der Waals surface area (Å²) in [7, 11) is 1.66. The molecular weight excluding hydrogens is 422 g/mol. The van der Waals surface area contributed by atoms with Gasteiger partial charge in [0.2, 0.25) is 0 Å². The summed E-state index contributed by atoms with van der Waals surface area (Å²) in [5.74, 6) is 5.50. The van der Waals surface area contributed by atoms with Crippen LogP contribution >= 0.6 is 0 Å². The summed E-state index contributed by atoms with van der Waals surface area (Å²) in [6, 6.07) is 5.70. The van der Waals surface area contributed by atoms with Crippen molar-refractivity contribution in [3.05, 3.63) is 18.2 Å². The van der Waals surface area contributed by atoms with Crippen LogP contribution in [-0.4, -0.2) is 27.9 Å². The van der Waals surface area contributed by atoms with Crippen molar-refractivity contribution in [3.8, 4) is 5.75 Å². The number of carbonyl (C=O) groups is 1. The van der Waals surface area contributed by atoms with Crippen LogP contribution in [0, 0.1) is 46.3 Å². The number of methoxy groups -OCH3 is 1. The van der Waals surface area contributed by atoms with E-state index in [2.05, 4.69) is 31.0 Å². The van der Waals surface area contributed by atoms with Gasteiger partial charge in [0.15, 0.2) is 5.78 Å². The molecule has 0 N–H and O–H groups in total. The number of Topliss-reactive ketones (excluding diaryl/α,β-unsaturated/α-hetero) is 1. The zero-order valence-electron chi connectivity index (χ0n) is 21.4. The van der Waals surface area contributed by atoms with Gasteiger partial charge in [0.25, 0.3) is 0 Å². The molecule has 4 saturated carbocycles. The van der Waals surface area contributed by atoms with Gasteiger partial charge in [0, 0.05) is 12.0 Å². The van der Waals surface area contributed by atoms with Crippen LogP contribution in [0.2, 0.25) is 0 Å². The molecule has 4 aliphatic rings. The van der Waals surface area contributed by atoms with E-state index in [1.165, 1.54) is 51.4 Å². The lowest BCUT2D eigenvalue weighted by atomic mass is 9.44. The molecule has 4 fully saturated rings. The molecule has 0 amide bonds. The molecule has 7 unspecified atom stereocenters. The van der Waals surface area contributed by atoms with Crippen LogP contribution in [0.3, 0.4) is 0 Å². The molecule has 6 rings (SSSR count). The Hall–Kier alpha value is -1.91. The number of hydrogen-bond donors (Lipinski definition) is 0. The molecule has 2 aromatic rings. The van der Waals surface area contributed by atoms with Crippen LogP contribution in [0.1, 0.15) is 78.6 Å². The third-order valence-electron chi connectivity index (χ3n) is 11.2. The average molecular weight is 464 g/mol. The Morgan fingerprint density at radius 3 is 2.59 bits per heavy atom. The van der Waals surface area contributed by atoms with Gasteiger partial charge in [-0.25, -0.2) is 0 Å². The second-order valence-electron chi connectivity index (χ2n) is 12.8. The molecule has 4 aliphatic carbocycles. The lowest BCUT2D eigenvalue weighted by Crippen LogP contribution is -2.53. The highest BCUT2D eigenvalue weighted by Crippen LogP contribution is 2.67. The Morgan fingerprint density at radius 2 is 1.76 bits per heavy atom. The first-order chi connectivity index (χ1) is 16.3. The maximum Gasteiger partial charge on any atom is 0.159 e. The van der Waals surface area contributed by atoms with Gasteiger partial charge in [-0.05, 0) is 104 Å². The molecule has 5 heteroatoms. The van der Waals surface area contributed by atoms with E-state index in [1.807, 2.05) is 18.2 Å². The number of rotatable bonds is 4. The fraction of sp³-hybridized carbons (Fsp3) is 0.759. The van der Waals surface area contributed by atoms with Crippen molar-refractivity contribution in [2.24, 2.45) is 46.3 Å². The molecule has 34 heavy (non-hydrogen) atoms. The fourth-order valence-corrected chi connectivity index (χ4v) is 9.39. The second kappa shape index (κ2) is 8.06. The Balaban J connectivity index is 1.20. The van der Waals surface area contributed by atoms with Crippen molar-refractivity contribution < 1.29 is 9.53 Å². The minimum atomic E-state index is 0.152. The van der Waals surface area contributed by atoms with Crippen LogP contribution in [0.5, 0.6) is 5.75 Å². The predicted octanol–water partition coefficient (Wildman–Crippen LogP) is 6.30. The molecule has 0 saturated heterocycles. The second-order valence-corrected chi connectivity index (χ2v) is 12.8. The molecule has 8 atom stereocenters. The topological polar surface area (TPSA) is 57.0 Å². The number of fused-ring (bicyclic) bond motifs is 6. The Labute approximate surface area is 204 Å². The summed E-state index contributed by atoms with van der Waals surface area (Å²) in [5, 5.41) is 9.17. The third-order valence-corrected chi connectivity index (χ3v) is 11.2. The number of benzene rings is 1. The SMILES string of the molecule is COc1ccc2nn(CC(=O)C3CCC4[C@@H]5CCC6CC(C)CCC6(C)C5CCC34C)nc2c1. The van der Waals surface area contributed by atoms with Gasteiger partial charge in [-0.15, -0.1) is 0 Å². The number of ketones is 1. The zero-order valence-corrected chi connectivity index (χ0v) is 21.4. The van der Waals surface area contributed by atoms with Crippen LogP contribution in [0.4, 0.5) is 0 Å². The van der Waals surface area contributed by atoms with Gasteiger partial charge in [-0.1, -0.05) is 27.2 Å². The summed E-state index contributed by atoms with van der Waals surface area (Å²) in [5.41, 5.74) is 2.30. The van der Waals surface area contributed by atoms with Gasteiger partial charge in [0.05, 0.1) is 7.11 Å². The van der Waals surface area contributed by atoms with Crippen molar-refractivity contribution in [1.29, 1.82) is 0 Å². The first-order valence-electron chi connectivity index (χ1n) is 13.7. The quantitative estimate of drug-likeness (QED) is 0.534. The molecule has 0 bridgehead atoms. The first kappa shape index (κ1) is 22.5. The lowest BCUT2D eigenvalue weighted by Gasteiger charge is -2.61. The number of nitrogens with zero attached hydrogens (tertiary/aromatic N) is 3. The molecule has 1 aromatic heterocycles. The number of carbonyl (C=O) groups excluding carboxylic acids is 1. The van der Waals surface area contributed by atoms with Gasteiger partial charge >= 0.3 is 0 Å². The van der Waals surface area contributed by atoms with Crippen molar-refractivity contribution in [2.45, 2.75) is 85.1 Å². The molecule has 1 heterocycles. The summed E-state index contributed by atoms with van der Waals surface area (Å²) in [6.07, 6.45) is 11.9. The largest absolute Gasteiger partial charge is 0.497 e. The van der Waals surface area contributed by atoms with E-state index in [4.69, 9.17) is 4.74 Å². The molecule has 1 aromatic carbocycles. The van der Waals surface area contributed by atoms with Crippen molar-refractivity contribution in [1.82, 2.24) is 15.0 Å². The van der Waals surface area contributed by atoms with Gasteiger partial charge in [-0.3, -0.25) is 4.79 Å². The molecular formula is C29H41N3O2. The van der Waals surface area contributed by atoms with E-state index in [0.717, 1.165) is 46.9 Å². The molecule has 0 radical (unpaired) electrons. The maximum atomic E-state index is 13.6. The lowest BCUT2D eigenvalue weighted by molar-refractivity contribution is -0.137. The van der Waals surface area contributed by atoms with E-state index >= 15 is 0 Å². The monoisotopic (exact) mass is 463 g/mol. The summed E-state index contributed by atoms with van der Waals surface area (Å²) >= 11 is 0. The molecule has 0 aliphatic heterocycles. The minimum absolute atomic E-state index is 0.152. The Kier molecular flexibility index (Phi) is 5.35. The highest BCUT2D eigenvalue weighted by atomic mass is 16.5. The van der Waals surface area contributed by atoms with E-state index in [0.29, 0.717) is 17.1 Å². The smallest absolute Gasteiger partial charge is 0.159 e. The highest BCUT2D eigenvalue weighted by Gasteiger charge is 2.60. The zero-order chi connectivity index (χ0) is 23.7. The minimum Gasteiger partial charge on any atom is -0.497 e. The Morgan fingerprint density at radius 1 is 1.00 bits per heavy atom. The highest BCUT2D eigenvalue weighted by molar-refractivity contribution is 5.82. The summed E-state index contributed by atoms with van der Waals surface area (Å²) < 4.78 is 5.31. The third kappa shape index (κ3) is 3.36. The number of ether oxygens (including phenoxy) is 1. The molecule has 5 nitrogen and oxygen atoms in total. The average Bonchev–Trinajstić information content (AvgIpc) is 3.38. The Bertz CT molecular complexity index is 1090. The number of aromatic nitrogens is 3. The van der Waals surface area contributed by atoms with Crippen molar-refractivity contribution >= 4 is 16.8 Å². The van der Waals surface area contributed by atoms with Crippen LogP contribution < -0.4 is 4.74 Å². The summed E-state index contributed by atoms with van der Waals surface area (Å²) in [4.78, 5) is 15.3. The normalized spacial score (nSPS) is 41.5. The standard InChI is InChI=1S/C29H41N3O2/c1-18-11-13-28(2)19(15-18)5-7-21-22-8-9-24(29(22,3)14-12-23(21)28)27(33)17-32-30-25-10-6-20(34-4)16-26(25)31-32/h6,10,16,18-19,21-24H,5,7-9,11-15,17H2,1-4H3/t18?,19?,21-,22?,23?,24?,28?,29?/m0/s1. The van der Waals surface area contributed by atoms with E-state index in [-0.39, 0.29) is 17.9 Å². The first-order valence-corrected chi connectivity index (χ1v) is 13.7. The number of hydrogen-bond acceptors (Lipinski definition) is 4. The molecule has 184 valence electrons. The van der Waals surface area contributed by atoms with Gasteiger partial charge < -0.3 is 4.74 Å².